The van der Waals surface area contributed by atoms with Crippen LogP contribution in [-0.2, 0) is 4.79 Å². The summed E-state index contributed by atoms with van der Waals surface area (Å²) in [6.45, 7) is 7.64. The summed E-state index contributed by atoms with van der Waals surface area (Å²) in [5, 5.41) is 9.76. The third kappa shape index (κ3) is 4.28. The highest BCUT2D eigenvalue weighted by atomic mass is 16.3. The van der Waals surface area contributed by atoms with Crippen molar-refractivity contribution in [3.63, 3.8) is 0 Å². The van der Waals surface area contributed by atoms with Crippen LogP contribution in [0.4, 0.5) is 5.69 Å². The number of piperidine rings is 1. The van der Waals surface area contributed by atoms with Gasteiger partial charge in [0.15, 0.2) is 0 Å². The first kappa shape index (κ1) is 17.2. The number of β-amino-alcohol motifs (C(OH)–C–C–N with tert-alkyl or cyclic N) is 1. The van der Waals surface area contributed by atoms with E-state index in [9.17, 15) is 9.90 Å². The highest BCUT2D eigenvalue weighted by Crippen LogP contribution is 2.21. The van der Waals surface area contributed by atoms with Crippen LogP contribution in [0.2, 0.25) is 0 Å². The van der Waals surface area contributed by atoms with Crippen molar-refractivity contribution in [2.45, 2.75) is 32.3 Å². The lowest BCUT2D eigenvalue weighted by Gasteiger charge is -2.31. The molecule has 0 saturated carbocycles. The molecule has 24 heavy (non-hydrogen) atoms. The average Bonchev–Trinajstić information content (AvgIpc) is 2.81. The van der Waals surface area contributed by atoms with E-state index in [0.717, 1.165) is 52.0 Å². The van der Waals surface area contributed by atoms with Crippen molar-refractivity contribution in [3.8, 4) is 0 Å². The number of anilines is 1. The maximum Gasteiger partial charge on any atom is 0.236 e. The van der Waals surface area contributed by atoms with Crippen molar-refractivity contribution >= 4 is 11.6 Å². The topological polar surface area (TPSA) is 47.0 Å². The fourth-order valence-corrected chi connectivity index (χ4v) is 3.79. The van der Waals surface area contributed by atoms with Gasteiger partial charge in [0.05, 0.1) is 12.6 Å². The number of likely N-dealkylation sites (tertiary alicyclic amines) is 1. The third-order valence-corrected chi connectivity index (χ3v) is 5.14. The highest BCUT2D eigenvalue weighted by Gasteiger charge is 2.24. The Bertz CT molecular complexity index is 563. The van der Waals surface area contributed by atoms with Crippen LogP contribution in [0.1, 0.15) is 24.8 Å². The Labute approximate surface area is 144 Å². The first-order chi connectivity index (χ1) is 11.6. The van der Waals surface area contributed by atoms with Gasteiger partial charge in [-0.3, -0.25) is 9.69 Å². The van der Waals surface area contributed by atoms with E-state index in [1.807, 2.05) is 4.90 Å². The quantitative estimate of drug-likeness (QED) is 0.912. The zero-order valence-corrected chi connectivity index (χ0v) is 14.7. The van der Waals surface area contributed by atoms with Crippen molar-refractivity contribution in [1.82, 2.24) is 9.80 Å². The molecule has 1 aromatic carbocycles. The minimum atomic E-state index is -0.271. The molecule has 0 unspecified atom stereocenters. The average molecular weight is 331 g/mol. The summed E-state index contributed by atoms with van der Waals surface area (Å²) in [6, 6.07) is 8.46. The SMILES string of the molecule is Cc1ccccc1N1CCCN(C(=O)CN2CCC[C@H](O)C2)CC1. The van der Waals surface area contributed by atoms with Crippen molar-refractivity contribution in [2.75, 3.05) is 50.7 Å². The predicted molar refractivity (Wildman–Crippen MR) is 96.3 cm³/mol. The van der Waals surface area contributed by atoms with Gasteiger partial charge < -0.3 is 14.9 Å². The van der Waals surface area contributed by atoms with Gasteiger partial charge in [0.25, 0.3) is 0 Å². The summed E-state index contributed by atoms with van der Waals surface area (Å²) < 4.78 is 0. The molecule has 0 spiro atoms. The Morgan fingerprint density at radius 1 is 1.12 bits per heavy atom. The first-order valence-corrected chi connectivity index (χ1v) is 9.12. The van der Waals surface area contributed by atoms with E-state index in [1.54, 1.807) is 0 Å². The van der Waals surface area contributed by atoms with Crippen molar-refractivity contribution < 1.29 is 9.90 Å². The summed E-state index contributed by atoms with van der Waals surface area (Å²) in [5.74, 6) is 0.204. The predicted octanol–water partition coefficient (Wildman–Crippen LogP) is 1.49. The van der Waals surface area contributed by atoms with Crippen molar-refractivity contribution in [3.05, 3.63) is 29.8 Å². The first-order valence-electron chi connectivity index (χ1n) is 9.12. The molecule has 2 saturated heterocycles. The number of rotatable bonds is 3. The van der Waals surface area contributed by atoms with Gasteiger partial charge in [-0.15, -0.1) is 0 Å². The lowest BCUT2D eigenvalue weighted by molar-refractivity contribution is -0.132. The molecule has 3 rings (SSSR count). The van der Waals surface area contributed by atoms with E-state index in [1.165, 1.54) is 11.3 Å². The van der Waals surface area contributed by atoms with Gasteiger partial charge in [0, 0.05) is 38.4 Å². The smallest absolute Gasteiger partial charge is 0.236 e. The molecular formula is C19H29N3O2. The van der Waals surface area contributed by atoms with Crippen LogP contribution in [-0.4, -0.2) is 72.7 Å². The van der Waals surface area contributed by atoms with E-state index in [0.29, 0.717) is 13.1 Å². The summed E-state index contributed by atoms with van der Waals surface area (Å²) in [7, 11) is 0. The molecular weight excluding hydrogens is 302 g/mol. The molecule has 2 aliphatic rings. The number of benzene rings is 1. The Morgan fingerprint density at radius 2 is 1.96 bits per heavy atom. The number of aryl methyl sites for hydroxylation is 1. The number of amides is 1. The number of aliphatic hydroxyl groups is 1. The monoisotopic (exact) mass is 331 g/mol. The molecule has 0 aromatic heterocycles. The van der Waals surface area contributed by atoms with Gasteiger partial charge >= 0.3 is 0 Å². The fraction of sp³-hybridized carbons (Fsp3) is 0.632. The highest BCUT2D eigenvalue weighted by molar-refractivity contribution is 5.78. The Balaban J connectivity index is 1.55. The Morgan fingerprint density at radius 3 is 2.75 bits per heavy atom. The van der Waals surface area contributed by atoms with E-state index in [2.05, 4.69) is 41.0 Å². The third-order valence-electron chi connectivity index (χ3n) is 5.14. The minimum absolute atomic E-state index is 0.204. The lowest BCUT2D eigenvalue weighted by Crippen LogP contribution is -2.46. The van der Waals surface area contributed by atoms with Crippen LogP contribution >= 0.6 is 0 Å². The maximum absolute atomic E-state index is 12.6. The van der Waals surface area contributed by atoms with Crippen LogP contribution in [0, 0.1) is 6.92 Å². The summed E-state index contributed by atoms with van der Waals surface area (Å²) >= 11 is 0. The van der Waals surface area contributed by atoms with Gasteiger partial charge in [0.2, 0.25) is 5.91 Å². The molecule has 5 heteroatoms. The second-order valence-electron chi connectivity index (χ2n) is 7.04. The second-order valence-corrected chi connectivity index (χ2v) is 7.04. The second kappa shape index (κ2) is 7.99. The number of hydrogen-bond acceptors (Lipinski definition) is 4. The van der Waals surface area contributed by atoms with Crippen LogP contribution in [0.3, 0.4) is 0 Å². The van der Waals surface area contributed by atoms with Crippen LogP contribution in [0.25, 0.3) is 0 Å². The molecule has 0 aliphatic carbocycles. The zero-order chi connectivity index (χ0) is 16.9. The lowest BCUT2D eigenvalue weighted by atomic mass is 10.1. The summed E-state index contributed by atoms with van der Waals surface area (Å²) in [5.41, 5.74) is 2.57. The summed E-state index contributed by atoms with van der Waals surface area (Å²) in [6.07, 6.45) is 2.57. The normalized spacial score (nSPS) is 23.2. The largest absolute Gasteiger partial charge is 0.392 e. The number of carbonyl (C=O) groups is 1. The van der Waals surface area contributed by atoms with Gasteiger partial charge in [0.1, 0.15) is 0 Å². The van der Waals surface area contributed by atoms with Gasteiger partial charge in [-0.2, -0.15) is 0 Å². The zero-order valence-electron chi connectivity index (χ0n) is 14.7. The molecule has 1 atom stereocenters. The van der Waals surface area contributed by atoms with E-state index in [-0.39, 0.29) is 12.0 Å². The molecule has 1 amide bonds. The molecule has 1 N–H and O–H groups in total. The minimum Gasteiger partial charge on any atom is -0.392 e. The maximum atomic E-state index is 12.6. The fourth-order valence-electron chi connectivity index (χ4n) is 3.79. The molecule has 132 valence electrons. The van der Waals surface area contributed by atoms with E-state index < -0.39 is 0 Å². The van der Waals surface area contributed by atoms with E-state index >= 15 is 0 Å². The summed E-state index contributed by atoms with van der Waals surface area (Å²) in [4.78, 5) is 19.1. The molecule has 2 aliphatic heterocycles. The van der Waals surface area contributed by atoms with E-state index in [4.69, 9.17) is 0 Å². The molecule has 0 bridgehead atoms. The number of aliphatic hydroxyl groups excluding tert-OH is 1. The van der Waals surface area contributed by atoms with Crippen LogP contribution in [0.15, 0.2) is 24.3 Å². The number of nitrogens with zero attached hydrogens (tertiary/aromatic N) is 3. The van der Waals surface area contributed by atoms with Crippen molar-refractivity contribution in [2.24, 2.45) is 0 Å². The Kier molecular flexibility index (Phi) is 5.74. The van der Waals surface area contributed by atoms with Gasteiger partial charge in [-0.1, -0.05) is 18.2 Å². The number of hydrogen-bond donors (Lipinski definition) is 1. The molecule has 2 fully saturated rings. The van der Waals surface area contributed by atoms with Gasteiger partial charge in [-0.25, -0.2) is 0 Å². The van der Waals surface area contributed by atoms with Gasteiger partial charge in [-0.05, 0) is 44.4 Å². The van der Waals surface area contributed by atoms with Crippen LogP contribution < -0.4 is 4.90 Å². The molecule has 0 radical (unpaired) electrons. The van der Waals surface area contributed by atoms with Crippen molar-refractivity contribution in [1.29, 1.82) is 0 Å². The molecule has 2 heterocycles. The standard InChI is InChI=1S/C19H29N3O2/c1-16-6-2-3-8-18(16)21-10-5-11-22(13-12-21)19(24)15-20-9-4-7-17(23)14-20/h2-3,6,8,17,23H,4-5,7,9-15H2,1H3/t17-/m0/s1. The number of carbonyl (C=O) groups excluding carboxylic acids is 1. The Hall–Kier alpha value is -1.59. The molecule has 5 nitrogen and oxygen atoms in total. The molecule has 1 aromatic rings. The van der Waals surface area contributed by atoms with Crippen LogP contribution in [0.5, 0.6) is 0 Å². The number of para-hydroxylation sites is 1.